The van der Waals surface area contributed by atoms with E-state index in [0.29, 0.717) is 18.0 Å². The summed E-state index contributed by atoms with van der Waals surface area (Å²) in [6, 6.07) is 4.42. The summed E-state index contributed by atoms with van der Waals surface area (Å²) in [7, 11) is 0. The van der Waals surface area contributed by atoms with Gasteiger partial charge in [-0.3, -0.25) is 4.79 Å². The van der Waals surface area contributed by atoms with Crippen LogP contribution in [0.4, 0.5) is 18.3 Å². The number of carbonyl (C=O) groups is 1. The van der Waals surface area contributed by atoms with Gasteiger partial charge in [0.1, 0.15) is 0 Å². The highest BCUT2D eigenvalue weighted by molar-refractivity contribution is 7.98. The Morgan fingerprint density at radius 2 is 2.00 bits per heavy atom. The molecule has 0 bridgehead atoms. The number of rotatable bonds is 7. The second kappa shape index (κ2) is 10.1. The van der Waals surface area contributed by atoms with Gasteiger partial charge in [-0.25, -0.2) is 4.98 Å². The van der Waals surface area contributed by atoms with E-state index in [4.69, 9.17) is 5.73 Å². The van der Waals surface area contributed by atoms with Crippen LogP contribution in [0.5, 0.6) is 0 Å². The molecule has 1 atom stereocenters. The zero-order valence-corrected chi connectivity index (χ0v) is 16.3. The number of hydrogen-bond acceptors (Lipinski definition) is 5. The molecule has 2 aromatic rings. The number of carbonyl (C=O) groups excluding carboxylic acids is 1. The molecule has 0 aliphatic heterocycles. The van der Waals surface area contributed by atoms with E-state index >= 15 is 0 Å². The summed E-state index contributed by atoms with van der Waals surface area (Å²) in [5.41, 5.74) is 5.86. The van der Waals surface area contributed by atoms with Gasteiger partial charge in [-0.1, -0.05) is 12.1 Å². The third-order valence-corrected chi connectivity index (χ3v) is 4.97. The molecule has 0 fully saturated rings. The maximum absolute atomic E-state index is 12.6. The summed E-state index contributed by atoms with van der Waals surface area (Å²) in [5, 5.41) is 3.11. The van der Waals surface area contributed by atoms with Crippen LogP contribution in [0.15, 0.2) is 30.5 Å². The highest BCUT2D eigenvalue weighted by atomic mass is 35.5. The Bertz CT molecular complexity index is 708. The van der Waals surface area contributed by atoms with Crippen molar-refractivity contribution in [1.82, 2.24) is 4.98 Å². The minimum Gasteiger partial charge on any atom is -0.320 e. The molecule has 26 heavy (non-hydrogen) atoms. The van der Waals surface area contributed by atoms with Crippen LogP contribution in [0.3, 0.4) is 0 Å². The van der Waals surface area contributed by atoms with Crippen molar-refractivity contribution in [2.24, 2.45) is 5.73 Å². The third kappa shape index (κ3) is 6.79. The first-order valence-electron chi connectivity index (χ1n) is 7.46. The van der Waals surface area contributed by atoms with Crippen molar-refractivity contribution < 1.29 is 18.0 Å². The summed E-state index contributed by atoms with van der Waals surface area (Å²) in [6.07, 6.45) is 0.237. The Morgan fingerprint density at radius 3 is 2.58 bits per heavy atom. The zero-order chi connectivity index (χ0) is 18.4. The lowest BCUT2D eigenvalue weighted by atomic mass is 10.1. The fourth-order valence-corrected chi connectivity index (χ4v) is 3.37. The largest absolute Gasteiger partial charge is 0.416 e. The second-order valence-electron chi connectivity index (χ2n) is 5.38. The van der Waals surface area contributed by atoms with Crippen molar-refractivity contribution in [3.63, 3.8) is 0 Å². The molecule has 144 valence electrons. The molecule has 3 N–H and O–H groups in total. The Balaban J connectivity index is 0.00000338. The van der Waals surface area contributed by atoms with Gasteiger partial charge in [0.05, 0.1) is 11.6 Å². The number of halogens is 4. The molecule has 0 saturated heterocycles. The monoisotopic (exact) mass is 425 g/mol. The number of nitrogens with one attached hydrogen (secondary N) is 1. The average Bonchev–Trinajstić information content (AvgIpc) is 2.99. The van der Waals surface area contributed by atoms with Crippen molar-refractivity contribution in [2.75, 3.05) is 17.3 Å². The second-order valence-corrected chi connectivity index (χ2v) is 7.48. The van der Waals surface area contributed by atoms with E-state index in [-0.39, 0.29) is 18.3 Å². The Morgan fingerprint density at radius 1 is 1.35 bits per heavy atom. The van der Waals surface area contributed by atoms with Crippen LogP contribution in [0.1, 0.15) is 22.4 Å². The first kappa shape index (κ1) is 22.8. The molecular weight excluding hydrogens is 407 g/mol. The van der Waals surface area contributed by atoms with E-state index in [1.807, 2.05) is 6.26 Å². The van der Waals surface area contributed by atoms with Gasteiger partial charge in [0.15, 0.2) is 5.13 Å². The fourth-order valence-electron chi connectivity index (χ4n) is 2.03. The number of hydrogen-bond donors (Lipinski definition) is 2. The number of nitrogens with zero attached hydrogens (tertiary/aromatic N) is 1. The highest BCUT2D eigenvalue weighted by Crippen LogP contribution is 2.29. The lowest BCUT2D eigenvalue weighted by Crippen LogP contribution is -2.36. The lowest BCUT2D eigenvalue weighted by Gasteiger charge is -2.09. The fraction of sp³-hybridized carbons (Fsp3) is 0.375. The number of benzene rings is 1. The van der Waals surface area contributed by atoms with Crippen LogP contribution >= 0.6 is 35.5 Å². The van der Waals surface area contributed by atoms with E-state index in [2.05, 4.69) is 10.3 Å². The quantitative estimate of drug-likeness (QED) is 0.697. The molecule has 0 unspecified atom stereocenters. The van der Waals surface area contributed by atoms with E-state index in [0.717, 1.165) is 28.3 Å². The molecule has 0 aliphatic rings. The SMILES string of the molecule is CSCC[C@H](N)C(=O)Nc1ncc(Cc2ccc(C(F)(F)F)cc2)s1.Cl. The van der Waals surface area contributed by atoms with Crippen LogP contribution in [0, 0.1) is 0 Å². The molecule has 2 rings (SSSR count). The number of anilines is 1. The Hall–Kier alpha value is -1.29. The average molecular weight is 426 g/mol. The number of aromatic nitrogens is 1. The topological polar surface area (TPSA) is 68.0 Å². The van der Waals surface area contributed by atoms with Crippen molar-refractivity contribution in [3.8, 4) is 0 Å². The molecule has 0 spiro atoms. The van der Waals surface area contributed by atoms with Gasteiger partial charge >= 0.3 is 6.18 Å². The van der Waals surface area contributed by atoms with Crippen molar-refractivity contribution in [2.45, 2.75) is 25.1 Å². The van der Waals surface area contributed by atoms with Crippen LogP contribution in [0.2, 0.25) is 0 Å². The predicted octanol–water partition coefficient (Wildman–Crippen LogP) is 4.19. The molecule has 1 amide bonds. The summed E-state index contributed by atoms with van der Waals surface area (Å²) in [4.78, 5) is 16.9. The Labute approximate surface area is 164 Å². The van der Waals surface area contributed by atoms with Gasteiger partial charge < -0.3 is 11.1 Å². The van der Waals surface area contributed by atoms with E-state index in [9.17, 15) is 18.0 Å². The van der Waals surface area contributed by atoms with Gasteiger partial charge in [0.2, 0.25) is 5.91 Å². The first-order chi connectivity index (χ1) is 11.8. The smallest absolute Gasteiger partial charge is 0.320 e. The molecule has 10 heteroatoms. The highest BCUT2D eigenvalue weighted by Gasteiger charge is 2.29. The minimum atomic E-state index is -4.34. The van der Waals surface area contributed by atoms with Gasteiger partial charge in [-0.2, -0.15) is 24.9 Å². The maximum Gasteiger partial charge on any atom is 0.416 e. The van der Waals surface area contributed by atoms with Crippen molar-refractivity contribution in [3.05, 3.63) is 46.5 Å². The first-order valence-corrected chi connectivity index (χ1v) is 9.67. The zero-order valence-electron chi connectivity index (χ0n) is 13.9. The Kier molecular flexibility index (Phi) is 8.88. The molecule has 0 aliphatic carbocycles. The van der Waals surface area contributed by atoms with Crippen LogP contribution in [-0.4, -0.2) is 28.9 Å². The molecule has 1 aromatic carbocycles. The van der Waals surface area contributed by atoms with Gasteiger partial charge in [-0.15, -0.1) is 23.7 Å². The van der Waals surface area contributed by atoms with Crippen LogP contribution < -0.4 is 11.1 Å². The van der Waals surface area contributed by atoms with Gasteiger partial charge in [-0.05, 0) is 36.1 Å². The number of thiazole rings is 1. The van der Waals surface area contributed by atoms with E-state index in [1.54, 1.807) is 18.0 Å². The summed E-state index contributed by atoms with van der Waals surface area (Å²) < 4.78 is 37.7. The third-order valence-electron chi connectivity index (χ3n) is 3.41. The van der Waals surface area contributed by atoms with Crippen LogP contribution in [0.25, 0.3) is 0 Å². The molecular formula is C16H19ClF3N3OS2. The number of amides is 1. The van der Waals surface area contributed by atoms with Gasteiger partial charge in [0.25, 0.3) is 0 Å². The summed E-state index contributed by atoms with van der Waals surface area (Å²) in [5.74, 6) is 0.510. The maximum atomic E-state index is 12.6. The molecule has 1 heterocycles. The van der Waals surface area contributed by atoms with Crippen molar-refractivity contribution in [1.29, 1.82) is 0 Å². The minimum absolute atomic E-state index is 0. The summed E-state index contributed by atoms with van der Waals surface area (Å²) in [6.45, 7) is 0. The standard InChI is InChI=1S/C16H18F3N3OS2.ClH/c1-24-7-6-13(20)14(23)22-15-21-9-12(25-15)8-10-2-4-11(5-3-10)16(17,18)19;/h2-5,9,13H,6-8,20H2,1H3,(H,21,22,23);1H/t13-;/m0./s1. The number of alkyl halides is 3. The van der Waals surface area contributed by atoms with Gasteiger partial charge in [0, 0.05) is 17.5 Å². The number of thioether (sulfide) groups is 1. The molecule has 4 nitrogen and oxygen atoms in total. The van der Waals surface area contributed by atoms with Crippen LogP contribution in [-0.2, 0) is 17.4 Å². The summed E-state index contributed by atoms with van der Waals surface area (Å²) >= 11 is 2.90. The molecule has 0 radical (unpaired) electrons. The normalized spacial score (nSPS) is 12.3. The predicted molar refractivity (Wildman–Crippen MR) is 103 cm³/mol. The molecule has 0 saturated carbocycles. The molecule has 1 aromatic heterocycles. The van der Waals surface area contributed by atoms with E-state index in [1.165, 1.54) is 23.5 Å². The lowest BCUT2D eigenvalue weighted by molar-refractivity contribution is -0.137. The number of nitrogens with two attached hydrogens (primary N) is 1. The van der Waals surface area contributed by atoms with Crippen molar-refractivity contribution >= 4 is 46.5 Å². The van der Waals surface area contributed by atoms with E-state index < -0.39 is 17.8 Å².